The lowest BCUT2D eigenvalue weighted by atomic mass is 9.40. The Morgan fingerprint density at radius 2 is 1.58 bits per heavy atom. The monoisotopic (exact) mass is 504 g/mol. The van der Waals surface area contributed by atoms with Crippen LogP contribution in [-0.2, 0) is 9.53 Å². The van der Waals surface area contributed by atoms with Crippen molar-refractivity contribution in [3.05, 3.63) is 0 Å². The molecule has 6 fully saturated rings. The van der Waals surface area contributed by atoms with Crippen LogP contribution in [0, 0.1) is 44.8 Å². The molecule has 1 saturated heterocycles. The van der Waals surface area contributed by atoms with Gasteiger partial charge in [-0.2, -0.15) is 0 Å². The van der Waals surface area contributed by atoms with Gasteiger partial charge in [-0.15, -0.1) is 0 Å². The maximum Gasteiger partial charge on any atom is 0.138 e. The lowest BCUT2D eigenvalue weighted by Gasteiger charge is -2.65. The summed E-state index contributed by atoms with van der Waals surface area (Å²) in [5, 5.41) is 46.1. The van der Waals surface area contributed by atoms with Gasteiger partial charge < -0.3 is 25.2 Å². The highest BCUT2D eigenvalue weighted by Gasteiger charge is 2.87. The van der Waals surface area contributed by atoms with Crippen molar-refractivity contribution in [2.24, 2.45) is 44.8 Å². The molecule has 5 saturated carbocycles. The summed E-state index contributed by atoms with van der Waals surface area (Å²) >= 11 is 0. The zero-order valence-corrected chi connectivity index (χ0v) is 23.3. The first-order valence-corrected chi connectivity index (χ1v) is 14.4. The molecule has 0 amide bonds. The predicted octanol–water partition coefficient (Wildman–Crippen LogP) is 3.62. The third kappa shape index (κ3) is 2.69. The van der Waals surface area contributed by atoms with Gasteiger partial charge >= 0.3 is 0 Å². The van der Waals surface area contributed by atoms with E-state index >= 15 is 0 Å². The molecule has 6 heteroatoms. The van der Waals surface area contributed by atoms with Crippen LogP contribution in [-0.4, -0.2) is 61.8 Å². The Bertz CT molecular complexity index is 986. The molecular weight excluding hydrogens is 456 g/mol. The molecule has 5 aliphatic carbocycles. The molecule has 6 rings (SSSR count). The summed E-state index contributed by atoms with van der Waals surface area (Å²) in [6.07, 6.45) is 3.55. The van der Waals surface area contributed by atoms with Gasteiger partial charge in [0.15, 0.2) is 0 Å². The van der Waals surface area contributed by atoms with Gasteiger partial charge in [0, 0.05) is 29.1 Å². The van der Waals surface area contributed by atoms with Crippen LogP contribution >= 0.6 is 0 Å². The first-order valence-electron chi connectivity index (χ1n) is 14.4. The van der Waals surface area contributed by atoms with Crippen LogP contribution in [0.1, 0.15) is 99.8 Å². The van der Waals surface area contributed by atoms with E-state index in [1.165, 1.54) is 0 Å². The molecular formula is C30H48O6. The largest absolute Gasteiger partial charge is 0.393 e. The molecule has 36 heavy (non-hydrogen) atoms. The molecule has 0 aromatic heterocycles. The van der Waals surface area contributed by atoms with Crippen molar-refractivity contribution in [3.8, 4) is 0 Å². The van der Waals surface area contributed by atoms with Gasteiger partial charge in [-0.25, -0.2) is 0 Å². The molecule has 6 nitrogen and oxygen atoms in total. The van der Waals surface area contributed by atoms with Crippen molar-refractivity contribution < 1.29 is 30.0 Å². The van der Waals surface area contributed by atoms with Gasteiger partial charge in [0.05, 0.1) is 35.6 Å². The molecule has 1 heterocycles. The highest BCUT2D eigenvalue weighted by molar-refractivity contribution is 5.86. The Labute approximate surface area is 216 Å². The van der Waals surface area contributed by atoms with Crippen molar-refractivity contribution in [3.63, 3.8) is 0 Å². The number of aliphatic hydroxyl groups excluding tert-OH is 3. The summed E-state index contributed by atoms with van der Waals surface area (Å²) in [4.78, 5) is 12.9. The molecule has 12 atom stereocenters. The normalized spacial score (nSPS) is 59.6. The van der Waals surface area contributed by atoms with Gasteiger partial charge in [-0.3, -0.25) is 4.79 Å². The van der Waals surface area contributed by atoms with Crippen molar-refractivity contribution in [1.29, 1.82) is 0 Å². The van der Waals surface area contributed by atoms with Crippen LogP contribution in [0.5, 0.6) is 0 Å². The average Bonchev–Trinajstić information content (AvgIpc) is 3.15. The minimum absolute atomic E-state index is 0.0868. The zero-order chi connectivity index (χ0) is 26.5. The van der Waals surface area contributed by atoms with Crippen LogP contribution in [0.4, 0.5) is 0 Å². The molecule has 6 aliphatic rings. The summed E-state index contributed by atoms with van der Waals surface area (Å²) in [5.41, 5.74) is -3.24. The summed E-state index contributed by atoms with van der Waals surface area (Å²) in [7, 11) is 0. The number of aliphatic hydroxyl groups is 4. The zero-order valence-electron chi connectivity index (χ0n) is 23.3. The van der Waals surface area contributed by atoms with Crippen LogP contribution in [0.25, 0.3) is 0 Å². The summed E-state index contributed by atoms with van der Waals surface area (Å²) < 4.78 is 6.60. The smallest absolute Gasteiger partial charge is 0.138 e. The molecule has 0 bridgehead atoms. The number of rotatable bonds is 2. The number of ketones is 1. The summed E-state index contributed by atoms with van der Waals surface area (Å²) in [6, 6.07) is 0. The highest BCUT2D eigenvalue weighted by atomic mass is 16.5. The van der Waals surface area contributed by atoms with Crippen molar-refractivity contribution in [2.75, 3.05) is 0 Å². The number of hydrogen-bond donors (Lipinski definition) is 4. The average molecular weight is 505 g/mol. The molecule has 0 aromatic carbocycles. The Hall–Kier alpha value is -0.530. The summed E-state index contributed by atoms with van der Waals surface area (Å²) in [5.74, 6) is 0.0468. The second kappa shape index (κ2) is 6.96. The Balaban J connectivity index is 1.41. The molecule has 1 aliphatic heterocycles. The topological polar surface area (TPSA) is 107 Å². The van der Waals surface area contributed by atoms with E-state index in [0.29, 0.717) is 25.7 Å². The van der Waals surface area contributed by atoms with E-state index in [4.69, 9.17) is 4.74 Å². The summed E-state index contributed by atoms with van der Waals surface area (Å²) in [6.45, 7) is 14.2. The minimum Gasteiger partial charge on any atom is -0.393 e. The molecule has 0 aromatic rings. The Morgan fingerprint density at radius 3 is 2.19 bits per heavy atom. The van der Waals surface area contributed by atoms with E-state index in [-0.39, 0.29) is 51.3 Å². The van der Waals surface area contributed by atoms with E-state index in [2.05, 4.69) is 20.8 Å². The SMILES string of the molecule is CC(C)(O)[C@H]1CC[C@@](C)([C@H]2[C@@H](O)C[C@@]3(C)[C@@H]4C[C@H](O)[C@H]5C(C)(C)C(=O)CC[C@@]56C[C@@]46[C@H](O)C[C@]23C)O1. The molecule has 0 unspecified atom stereocenters. The predicted molar refractivity (Wildman–Crippen MR) is 135 cm³/mol. The van der Waals surface area contributed by atoms with E-state index in [1.807, 2.05) is 13.8 Å². The van der Waals surface area contributed by atoms with Crippen LogP contribution in [0.15, 0.2) is 0 Å². The lowest BCUT2D eigenvalue weighted by molar-refractivity contribution is -0.230. The first-order chi connectivity index (χ1) is 16.4. The fraction of sp³-hybridized carbons (Fsp3) is 0.967. The fourth-order valence-electron chi connectivity index (χ4n) is 12.0. The maximum absolute atomic E-state index is 12.9. The highest BCUT2D eigenvalue weighted by Crippen LogP contribution is 2.88. The Kier molecular flexibility index (Phi) is 4.98. The van der Waals surface area contributed by atoms with Gasteiger partial charge in [0.1, 0.15) is 5.78 Å². The van der Waals surface area contributed by atoms with Gasteiger partial charge in [0.2, 0.25) is 0 Å². The fourth-order valence-corrected chi connectivity index (χ4v) is 12.0. The van der Waals surface area contributed by atoms with Crippen molar-refractivity contribution in [1.82, 2.24) is 0 Å². The standard InChI is InChI=1S/C30H48O6/c1-24(2)19(33)8-11-29-15-30(29)18(12-16(31)22(24)29)26(5)13-17(32)23(27(26,6)14-20(30)34)28(7)10-9-21(36-28)25(3,4)35/h16-18,20-23,31-32,34-35H,8-15H2,1-7H3/t16-,17-,18-,20+,21+,22-,23-,26-,27+,28-,29+,30-/m0/s1. The maximum atomic E-state index is 12.9. The van der Waals surface area contributed by atoms with E-state index < -0.39 is 34.9 Å². The van der Waals surface area contributed by atoms with E-state index in [9.17, 15) is 25.2 Å². The number of hydrogen-bond acceptors (Lipinski definition) is 6. The number of fused-ring (bicyclic) bond motifs is 2. The molecule has 4 N–H and O–H groups in total. The first kappa shape index (κ1) is 25.7. The van der Waals surface area contributed by atoms with Crippen molar-refractivity contribution >= 4 is 5.78 Å². The van der Waals surface area contributed by atoms with Gasteiger partial charge in [-0.1, -0.05) is 27.7 Å². The second-order valence-electron chi connectivity index (χ2n) is 15.8. The lowest BCUT2D eigenvalue weighted by Crippen LogP contribution is -2.65. The second-order valence-corrected chi connectivity index (χ2v) is 15.8. The molecule has 0 radical (unpaired) electrons. The Morgan fingerprint density at radius 1 is 0.917 bits per heavy atom. The van der Waals surface area contributed by atoms with Crippen LogP contribution in [0.2, 0.25) is 0 Å². The van der Waals surface area contributed by atoms with Gasteiger partial charge in [0.25, 0.3) is 0 Å². The third-order valence-electron chi connectivity index (χ3n) is 13.5. The van der Waals surface area contributed by atoms with Crippen LogP contribution < -0.4 is 0 Å². The van der Waals surface area contributed by atoms with Crippen molar-refractivity contribution in [2.45, 2.75) is 135 Å². The van der Waals surface area contributed by atoms with E-state index in [0.717, 1.165) is 25.7 Å². The molecule has 2 spiro atoms. The number of Topliss-reactive ketones (excluding diaryl/α,β-unsaturated/α-hetero) is 1. The van der Waals surface area contributed by atoms with Gasteiger partial charge in [-0.05, 0) is 87.9 Å². The van der Waals surface area contributed by atoms with Crippen LogP contribution in [0.3, 0.4) is 0 Å². The quantitative estimate of drug-likeness (QED) is 0.458. The number of carbonyl (C=O) groups is 1. The van der Waals surface area contributed by atoms with E-state index in [1.54, 1.807) is 13.8 Å². The number of ether oxygens (including phenoxy) is 1. The minimum atomic E-state index is -0.949. The third-order valence-corrected chi connectivity index (χ3v) is 13.5. The molecule has 204 valence electrons. The number of carbonyl (C=O) groups excluding carboxylic acids is 1.